The second kappa shape index (κ2) is 27.0. The smallest absolute Gasteiger partial charge is 0.870 e. The van der Waals surface area contributed by atoms with E-state index in [1.54, 1.807) is 36.4 Å². The summed E-state index contributed by atoms with van der Waals surface area (Å²) >= 11 is 0. The van der Waals surface area contributed by atoms with Gasteiger partial charge in [0.1, 0.15) is 11.5 Å². The van der Waals surface area contributed by atoms with Gasteiger partial charge in [-0.1, -0.05) is 35.8 Å². The van der Waals surface area contributed by atoms with Crippen LogP contribution in [0, 0.1) is 86.4 Å². The van der Waals surface area contributed by atoms with E-state index in [9.17, 15) is 10.2 Å². The van der Waals surface area contributed by atoms with E-state index in [-0.39, 0.29) is 69.0 Å². The maximum Gasteiger partial charge on any atom is 3.00 e. The van der Waals surface area contributed by atoms with Crippen molar-refractivity contribution in [3.05, 3.63) is 93.5 Å². The van der Waals surface area contributed by atoms with Crippen LogP contribution in [-0.2, 0) is 17.1 Å². The van der Waals surface area contributed by atoms with Gasteiger partial charge in [0.25, 0.3) is 0 Å². The maximum atomic E-state index is 12.1. The van der Waals surface area contributed by atoms with Crippen LogP contribution in [0.1, 0.15) is 25.0 Å². The number of aliphatic imine (C=N–C) groups is 2. The fraction of sp³-hybridized carbons (Fsp3) is 0.300. The molecule has 0 aliphatic heterocycles. The summed E-state index contributed by atoms with van der Waals surface area (Å²) in [5.41, 5.74) is 0.956. The molecular formula is C20H22CuN5O13Sm. The van der Waals surface area contributed by atoms with Crippen molar-refractivity contribution >= 4 is 12.4 Å². The Bertz CT molecular complexity index is 971. The molecule has 0 unspecified atom stereocenters. The van der Waals surface area contributed by atoms with Crippen LogP contribution in [0.2, 0.25) is 0 Å². The summed E-state index contributed by atoms with van der Waals surface area (Å²) in [6.45, 7) is 5.36. The standard InChI is InChI=1S/C20H24N2O4.Cu.3NO3.Sm/c1-3-25-17-9-5-7-15(19(17)23)13-21-11-12-22-14-16-8-6-10-18(20(16)24)26-4-2;;3*2-1(3)4;/h5-10,13-14,23-24H,3-4,11-12H2,1-2H3;;;;;/q;+2;3*-1;+3/p-2. The van der Waals surface area contributed by atoms with Crippen molar-refractivity contribution in [2.45, 2.75) is 13.8 Å². The Kier molecular flexibility index (Phi) is 29.4. The van der Waals surface area contributed by atoms with Crippen molar-refractivity contribution in [3.8, 4) is 23.0 Å². The molecule has 0 fully saturated rings. The Morgan fingerprint density at radius 3 is 1.20 bits per heavy atom. The van der Waals surface area contributed by atoms with Gasteiger partial charge in [-0.3, -0.25) is 9.98 Å². The minimum absolute atomic E-state index is 0. The number of nitrogens with zero attached hydrogens (tertiary/aromatic N) is 5. The topological polar surface area (TPSA) is 288 Å². The Morgan fingerprint density at radius 1 is 0.675 bits per heavy atom. The average Bonchev–Trinajstić information content (AvgIpc) is 2.80. The molecule has 222 valence electrons. The van der Waals surface area contributed by atoms with Crippen molar-refractivity contribution in [3.63, 3.8) is 0 Å². The van der Waals surface area contributed by atoms with Gasteiger partial charge in [0.15, 0.2) is 0 Å². The second-order valence-corrected chi connectivity index (χ2v) is 5.96. The van der Waals surface area contributed by atoms with Gasteiger partial charge in [-0.25, -0.2) is 0 Å². The Hall–Kier alpha value is -3.56. The first-order chi connectivity index (χ1) is 17.9. The van der Waals surface area contributed by atoms with E-state index in [4.69, 9.17) is 55.4 Å². The van der Waals surface area contributed by atoms with E-state index < -0.39 is 15.3 Å². The van der Waals surface area contributed by atoms with Crippen LogP contribution in [0.3, 0.4) is 0 Å². The van der Waals surface area contributed by atoms with Gasteiger partial charge in [-0.05, 0) is 37.1 Å². The molecule has 0 saturated carbocycles. The van der Waals surface area contributed by atoms with Crippen molar-refractivity contribution in [2.75, 3.05) is 26.3 Å². The summed E-state index contributed by atoms with van der Waals surface area (Å²) in [5, 5.41) is 68.4. The molecule has 2 aromatic carbocycles. The van der Waals surface area contributed by atoms with Gasteiger partial charge in [0, 0.05) is 12.4 Å². The average molecular weight is 754 g/mol. The summed E-state index contributed by atoms with van der Waals surface area (Å²) in [4.78, 5) is 33.2. The van der Waals surface area contributed by atoms with Gasteiger partial charge in [-0.2, -0.15) is 0 Å². The second-order valence-electron chi connectivity index (χ2n) is 5.96. The normalized spacial score (nSPS) is 9.15. The van der Waals surface area contributed by atoms with E-state index in [1.165, 1.54) is 12.4 Å². The van der Waals surface area contributed by atoms with Crippen LogP contribution in [0.25, 0.3) is 0 Å². The van der Waals surface area contributed by atoms with Gasteiger partial charge in [-0.15, -0.1) is 0 Å². The minimum atomic E-state index is -1.75. The van der Waals surface area contributed by atoms with Crippen LogP contribution in [-0.4, -0.2) is 54.0 Å². The zero-order valence-electron chi connectivity index (χ0n) is 20.7. The fourth-order valence-corrected chi connectivity index (χ4v) is 2.25. The van der Waals surface area contributed by atoms with Gasteiger partial charge in [0.05, 0.1) is 41.6 Å². The molecule has 0 amide bonds. The van der Waals surface area contributed by atoms with Gasteiger partial charge >= 0.3 is 57.5 Å². The van der Waals surface area contributed by atoms with Crippen LogP contribution < -0.4 is 19.7 Å². The molecule has 0 aliphatic rings. The molecule has 2 radical (unpaired) electrons. The molecular weight excluding hydrogens is 732 g/mol. The molecule has 2 rings (SSSR count). The SMILES string of the molecule is CCOc1cccc(C=NCCN=Cc2cccc(OCC)c2[O-])c1[O-].O=[N+]([O-])[O-].O=[N+]([O-])[O-].O=[N+]([O-])[O-].[Cu+2].[Sm+3]. The third-order valence-corrected chi connectivity index (χ3v) is 3.44. The monoisotopic (exact) mass is 755 g/mol. The fourth-order valence-electron chi connectivity index (χ4n) is 2.25. The minimum Gasteiger partial charge on any atom is -0.870 e. The van der Waals surface area contributed by atoms with E-state index in [0.29, 0.717) is 48.9 Å². The van der Waals surface area contributed by atoms with E-state index in [2.05, 4.69) is 9.98 Å². The zero-order chi connectivity index (χ0) is 29.5. The summed E-state index contributed by atoms with van der Waals surface area (Å²) < 4.78 is 10.5. The molecule has 0 aromatic heterocycles. The molecule has 0 bridgehead atoms. The molecule has 0 heterocycles. The van der Waals surface area contributed by atoms with Crippen molar-refractivity contribution in [2.24, 2.45) is 9.98 Å². The summed E-state index contributed by atoms with van der Waals surface area (Å²) in [6, 6.07) is 10.2. The first kappa shape index (κ1) is 43.5. The quantitative estimate of drug-likeness (QED) is 0.115. The summed E-state index contributed by atoms with van der Waals surface area (Å²) in [6.07, 6.45) is 3.05. The number of ether oxygens (including phenoxy) is 2. The predicted octanol–water partition coefficient (Wildman–Crippen LogP) is 1.45. The molecule has 2 aromatic rings. The molecule has 20 heteroatoms. The number of hydrogen-bond donors (Lipinski definition) is 0. The van der Waals surface area contributed by atoms with E-state index in [1.807, 2.05) is 13.8 Å². The molecule has 0 N–H and O–H groups in total. The van der Waals surface area contributed by atoms with E-state index >= 15 is 0 Å². The molecule has 40 heavy (non-hydrogen) atoms. The predicted molar refractivity (Wildman–Crippen MR) is 130 cm³/mol. The van der Waals surface area contributed by atoms with Crippen LogP contribution >= 0.6 is 0 Å². The first-order valence-corrected chi connectivity index (χ1v) is 10.2. The Balaban J connectivity index is -0.000000392. The largest absolute Gasteiger partial charge is 3.00 e. The van der Waals surface area contributed by atoms with Crippen molar-refractivity contribution in [1.82, 2.24) is 0 Å². The van der Waals surface area contributed by atoms with Crippen molar-refractivity contribution < 1.29 is 92.4 Å². The molecule has 0 saturated heterocycles. The number of benzene rings is 2. The Labute approximate surface area is 269 Å². The van der Waals surface area contributed by atoms with Crippen LogP contribution in [0.5, 0.6) is 23.0 Å². The third kappa shape index (κ3) is 24.8. The van der Waals surface area contributed by atoms with Crippen LogP contribution in [0.15, 0.2) is 46.4 Å². The van der Waals surface area contributed by atoms with E-state index in [0.717, 1.165) is 0 Å². The summed E-state index contributed by atoms with van der Waals surface area (Å²) in [5.74, 6) is 0.300. The van der Waals surface area contributed by atoms with Gasteiger partial charge < -0.3 is 65.7 Å². The first-order valence-electron chi connectivity index (χ1n) is 10.2. The van der Waals surface area contributed by atoms with Crippen LogP contribution in [0.4, 0.5) is 0 Å². The molecule has 0 spiro atoms. The number of hydrogen-bond acceptors (Lipinski definition) is 15. The van der Waals surface area contributed by atoms with Gasteiger partial charge in [0.2, 0.25) is 0 Å². The van der Waals surface area contributed by atoms with Crippen molar-refractivity contribution in [1.29, 1.82) is 0 Å². The summed E-state index contributed by atoms with van der Waals surface area (Å²) in [7, 11) is 0. The Morgan fingerprint density at radius 2 is 0.950 bits per heavy atom. The third-order valence-electron chi connectivity index (χ3n) is 3.44. The molecule has 0 aliphatic carbocycles. The zero-order valence-corrected chi connectivity index (χ0v) is 24.3. The molecule has 0 atom stereocenters. The maximum absolute atomic E-state index is 12.1. The number of rotatable bonds is 9. The number of para-hydroxylation sites is 2. The molecule has 18 nitrogen and oxygen atoms in total.